The van der Waals surface area contributed by atoms with Gasteiger partial charge < -0.3 is 26.1 Å². The highest BCUT2D eigenvalue weighted by atomic mass is 16.3. The smallest absolute Gasteiger partial charge is 0.153 e. The second-order valence-electron chi connectivity index (χ2n) is 12.3. The molecule has 7 nitrogen and oxygen atoms in total. The first kappa shape index (κ1) is 25.9. The maximum absolute atomic E-state index is 14.4. The summed E-state index contributed by atoms with van der Waals surface area (Å²) >= 11 is 0. The van der Waals surface area contributed by atoms with Gasteiger partial charge in [0.1, 0.15) is 11.7 Å². The highest BCUT2D eigenvalue weighted by Crippen LogP contribution is 2.62. The maximum atomic E-state index is 14.4. The Balaban J connectivity index is 2.31. The van der Waals surface area contributed by atoms with Crippen molar-refractivity contribution >= 4 is 5.78 Å². The summed E-state index contributed by atoms with van der Waals surface area (Å²) in [6, 6.07) is -0.898. The molecular weight excluding hydrogens is 418 g/mol. The number of rotatable bonds is 3. The number of allylic oxidation sites excluding steroid dienone is 2. The van der Waals surface area contributed by atoms with Crippen LogP contribution in [0.25, 0.3) is 0 Å². The summed E-state index contributed by atoms with van der Waals surface area (Å²) in [5, 5.41) is 35.7. The molecule has 7 atom stereocenters. The molecule has 0 amide bonds. The van der Waals surface area contributed by atoms with Crippen molar-refractivity contribution in [1.82, 2.24) is 5.01 Å². The topological polar surface area (TPSA) is 133 Å². The molecule has 1 spiro atoms. The molecule has 7 heteroatoms. The van der Waals surface area contributed by atoms with Crippen molar-refractivity contribution in [1.29, 1.82) is 0 Å². The zero-order valence-electron chi connectivity index (χ0n) is 21.4. The number of nitrogens with zero attached hydrogens (tertiary/aromatic N) is 1. The molecule has 1 saturated carbocycles. The number of carbonyl (C=O) groups is 1. The van der Waals surface area contributed by atoms with Gasteiger partial charge >= 0.3 is 0 Å². The fourth-order valence-electron chi connectivity index (χ4n) is 6.38. The quantitative estimate of drug-likeness (QED) is 0.247. The molecule has 0 saturated heterocycles. The van der Waals surface area contributed by atoms with Crippen LogP contribution in [0.5, 0.6) is 0 Å². The van der Waals surface area contributed by atoms with E-state index in [0.717, 1.165) is 0 Å². The highest BCUT2D eigenvalue weighted by molar-refractivity contribution is 5.95. The van der Waals surface area contributed by atoms with Crippen LogP contribution in [0.3, 0.4) is 0 Å². The second kappa shape index (κ2) is 7.94. The van der Waals surface area contributed by atoms with Crippen molar-refractivity contribution in [2.75, 3.05) is 6.61 Å². The van der Waals surface area contributed by atoms with Crippen molar-refractivity contribution in [2.24, 2.45) is 45.6 Å². The summed E-state index contributed by atoms with van der Waals surface area (Å²) < 4.78 is 0. The molecule has 6 unspecified atom stereocenters. The van der Waals surface area contributed by atoms with Gasteiger partial charge in [-0.2, -0.15) is 0 Å². The van der Waals surface area contributed by atoms with E-state index in [9.17, 15) is 20.1 Å². The van der Waals surface area contributed by atoms with Crippen LogP contribution in [-0.2, 0) is 4.79 Å². The Morgan fingerprint density at radius 1 is 1.27 bits per heavy atom. The van der Waals surface area contributed by atoms with Crippen LogP contribution in [0.4, 0.5) is 0 Å². The molecule has 0 aromatic carbocycles. The Hall–Kier alpha value is -1.67. The Morgan fingerprint density at radius 2 is 1.85 bits per heavy atom. The van der Waals surface area contributed by atoms with Gasteiger partial charge in [0, 0.05) is 23.2 Å². The molecule has 3 aliphatic rings. The van der Waals surface area contributed by atoms with Crippen LogP contribution in [-0.4, -0.2) is 50.5 Å². The Kier molecular flexibility index (Phi) is 6.24. The number of fused-ring (bicyclic) bond motifs is 1. The normalized spacial score (nSPS) is 41.0. The Labute approximate surface area is 198 Å². The molecular formula is C26H43N3O4. The minimum absolute atomic E-state index is 0.127. The number of aliphatic hydroxyl groups excluding tert-OH is 2. The van der Waals surface area contributed by atoms with E-state index in [1.54, 1.807) is 12.3 Å². The van der Waals surface area contributed by atoms with Gasteiger partial charge in [0.25, 0.3) is 0 Å². The summed E-state index contributed by atoms with van der Waals surface area (Å²) in [6.45, 7) is 15.5. The van der Waals surface area contributed by atoms with Gasteiger partial charge in [-0.1, -0.05) is 60.6 Å². The minimum Gasteiger partial charge on any atom is -0.400 e. The molecule has 3 aliphatic carbocycles. The van der Waals surface area contributed by atoms with Crippen LogP contribution >= 0.6 is 0 Å². The number of Topliss-reactive ketones (excluding diaryl/α,β-unsaturated/α-hetero) is 1. The third-order valence-corrected chi connectivity index (χ3v) is 9.00. The van der Waals surface area contributed by atoms with Crippen LogP contribution in [0.2, 0.25) is 0 Å². The van der Waals surface area contributed by atoms with Crippen molar-refractivity contribution in [3.05, 3.63) is 35.2 Å². The van der Waals surface area contributed by atoms with E-state index in [4.69, 9.17) is 11.6 Å². The summed E-state index contributed by atoms with van der Waals surface area (Å²) in [5.74, 6) is 5.74. The van der Waals surface area contributed by atoms with Crippen LogP contribution in [0.15, 0.2) is 35.2 Å². The van der Waals surface area contributed by atoms with E-state index >= 15 is 0 Å². The fraction of sp³-hybridized carbons (Fsp3) is 0.731. The molecule has 0 heterocycles. The zero-order valence-corrected chi connectivity index (χ0v) is 21.4. The second-order valence-corrected chi connectivity index (χ2v) is 12.3. The summed E-state index contributed by atoms with van der Waals surface area (Å²) in [6.07, 6.45) is 4.34. The average Bonchev–Trinajstić information content (AvgIpc) is 2.88. The van der Waals surface area contributed by atoms with E-state index in [2.05, 4.69) is 20.8 Å². The van der Waals surface area contributed by atoms with Gasteiger partial charge in [-0.25, -0.2) is 5.84 Å². The van der Waals surface area contributed by atoms with E-state index in [-0.39, 0.29) is 28.6 Å². The van der Waals surface area contributed by atoms with Crippen molar-refractivity contribution in [3.63, 3.8) is 0 Å². The van der Waals surface area contributed by atoms with Crippen LogP contribution < -0.4 is 11.6 Å². The molecule has 33 heavy (non-hydrogen) atoms. The first-order chi connectivity index (χ1) is 15.0. The largest absolute Gasteiger partial charge is 0.400 e. The van der Waals surface area contributed by atoms with Gasteiger partial charge in [0.2, 0.25) is 0 Å². The predicted molar refractivity (Wildman–Crippen MR) is 129 cm³/mol. The standard InChI is InChI=1S/C26H43N3O4/c1-14-11-25-16(3)9-15(2)24(7,8)18(22(25)32)10-17(13-30)21(31)26(25,33)20(14)29(28)12-19(27)23(4,5)6/h10-12,15-16,18,20-21,30-31,33H,9,13,27-28H2,1-8H3/b19-12-/t15?,16-,18?,20?,21?,25?,26?/m1/s1. The Morgan fingerprint density at radius 3 is 2.36 bits per heavy atom. The van der Waals surface area contributed by atoms with Gasteiger partial charge in [0.05, 0.1) is 18.1 Å². The molecule has 0 aromatic heterocycles. The molecule has 3 rings (SSSR count). The lowest BCUT2D eigenvalue weighted by Crippen LogP contribution is -2.68. The number of carbonyl (C=O) groups excluding carboxylic acids is 1. The van der Waals surface area contributed by atoms with E-state index in [1.165, 1.54) is 5.01 Å². The van der Waals surface area contributed by atoms with Crippen molar-refractivity contribution in [3.8, 4) is 0 Å². The molecule has 0 aromatic rings. The number of hydrogen-bond acceptors (Lipinski definition) is 7. The molecule has 0 aliphatic heterocycles. The summed E-state index contributed by atoms with van der Waals surface area (Å²) in [7, 11) is 0. The first-order valence-corrected chi connectivity index (χ1v) is 11.9. The molecule has 7 N–H and O–H groups in total. The van der Waals surface area contributed by atoms with Gasteiger partial charge in [-0.05, 0) is 41.7 Å². The number of hydrazine groups is 1. The summed E-state index contributed by atoms with van der Waals surface area (Å²) in [5.41, 5.74) is 3.64. The lowest BCUT2D eigenvalue weighted by atomic mass is 9.59. The van der Waals surface area contributed by atoms with Crippen molar-refractivity contribution < 1.29 is 20.1 Å². The molecule has 0 radical (unpaired) electrons. The number of nitrogens with two attached hydrogens (primary N) is 2. The third kappa shape index (κ3) is 3.42. The average molecular weight is 462 g/mol. The van der Waals surface area contributed by atoms with Gasteiger partial charge in [-0.3, -0.25) is 4.79 Å². The summed E-state index contributed by atoms with van der Waals surface area (Å²) in [4.78, 5) is 14.4. The predicted octanol–water partition coefficient (Wildman–Crippen LogP) is 2.23. The third-order valence-electron chi connectivity index (χ3n) is 9.00. The highest BCUT2D eigenvalue weighted by Gasteiger charge is 2.72. The van der Waals surface area contributed by atoms with Gasteiger partial charge in [0.15, 0.2) is 5.78 Å². The van der Waals surface area contributed by atoms with E-state index in [0.29, 0.717) is 17.7 Å². The maximum Gasteiger partial charge on any atom is 0.153 e. The van der Waals surface area contributed by atoms with Crippen LogP contribution in [0, 0.1) is 34.0 Å². The fourth-order valence-corrected chi connectivity index (χ4v) is 6.38. The Bertz CT molecular complexity index is 915. The van der Waals surface area contributed by atoms with Crippen LogP contribution in [0.1, 0.15) is 61.8 Å². The zero-order chi connectivity index (χ0) is 25.3. The number of ketones is 1. The lowest BCUT2D eigenvalue weighted by Gasteiger charge is -2.50. The lowest BCUT2D eigenvalue weighted by molar-refractivity contribution is -0.177. The van der Waals surface area contributed by atoms with Crippen molar-refractivity contribution in [2.45, 2.75) is 79.6 Å². The van der Waals surface area contributed by atoms with E-state index < -0.39 is 41.1 Å². The molecule has 186 valence electrons. The SMILES string of the molecule is CC1=CC23C(=O)C(C=C(CO)C(O)C2(O)C1N(N)/C=C(\N)C(C)(C)C)C(C)(C)C(C)C[C@H]3C. The molecule has 2 bridgehead atoms. The minimum atomic E-state index is -1.97. The van der Waals surface area contributed by atoms with E-state index in [1.807, 2.05) is 40.7 Å². The number of hydrogen-bond donors (Lipinski definition) is 5. The monoisotopic (exact) mass is 461 g/mol. The molecule has 1 fully saturated rings. The van der Waals surface area contributed by atoms with Gasteiger partial charge in [-0.15, -0.1) is 0 Å². The number of aliphatic hydroxyl groups is 3. The first-order valence-electron chi connectivity index (χ1n) is 11.9.